The molecule has 160 valence electrons. The molecule has 0 radical (unpaired) electrons. The van der Waals surface area contributed by atoms with E-state index in [4.69, 9.17) is 5.11 Å². The molecule has 0 saturated heterocycles. The van der Waals surface area contributed by atoms with Gasteiger partial charge in [-0.05, 0) is 71.8 Å². The number of carboxylic acid groups (broad SMARTS) is 1. The van der Waals surface area contributed by atoms with E-state index in [0.717, 1.165) is 6.26 Å². The van der Waals surface area contributed by atoms with E-state index >= 15 is 0 Å². The minimum atomic E-state index is -3.40. The fourth-order valence-electron chi connectivity index (χ4n) is 2.98. The van der Waals surface area contributed by atoms with Crippen molar-refractivity contribution in [2.24, 2.45) is 0 Å². The van der Waals surface area contributed by atoms with Gasteiger partial charge in [0, 0.05) is 11.3 Å². The number of Topliss-reactive ketones (excluding diaryl/α,β-unsaturated/α-hetero) is 1. The molecule has 1 fully saturated rings. The fourth-order valence-corrected chi connectivity index (χ4v) is 4.72. The highest BCUT2D eigenvalue weighted by atomic mass is 32.2. The molecule has 0 bridgehead atoms. The average molecular weight is 460 g/mol. The Morgan fingerprint density at radius 1 is 1.06 bits per heavy atom. The number of ketones is 1. The first-order chi connectivity index (χ1) is 14.7. The van der Waals surface area contributed by atoms with Crippen molar-refractivity contribution in [3.63, 3.8) is 0 Å². The summed E-state index contributed by atoms with van der Waals surface area (Å²) in [5.74, 6) is -1.11. The molecular formula is C19H17N5O5S2. The van der Waals surface area contributed by atoms with Crippen molar-refractivity contribution in [1.29, 1.82) is 0 Å². The quantitative estimate of drug-likeness (QED) is 0.484. The Bertz CT molecular complexity index is 1250. The summed E-state index contributed by atoms with van der Waals surface area (Å²) in [5, 5.41) is 21.1. The fraction of sp³-hybridized carbons (Fsp3) is 0.211. The Hall–Kier alpha value is -3.25. The molecule has 1 aliphatic rings. The van der Waals surface area contributed by atoms with Crippen LogP contribution < -0.4 is 4.72 Å². The van der Waals surface area contributed by atoms with Crippen LogP contribution in [-0.2, 0) is 10.0 Å². The Morgan fingerprint density at radius 3 is 2.23 bits per heavy atom. The van der Waals surface area contributed by atoms with E-state index in [9.17, 15) is 18.0 Å². The third-order valence-electron chi connectivity index (χ3n) is 4.65. The molecule has 0 unspecified atom stereocenters. The number of nitrogens with zero attached hydrogens (tertiary/aromatic N) is 4. The number of nitrogens with one attached hydrogen (secondary N) is 1. The highest BCUT2D eigenvalue weighted by Crippen LogP contribution is 2.53. The van der Waals surface area contributed by atoms with Crippen LogP contribution in [0.5, 0.6) is 0 Å². The summed E-state index contributed by atoms with van der Waals surface area (Å²) >= 11 is 1.26. The summed E-state index contributed by atoms with van der Waals surface area (Å²) in [6.45, 7) is 0. The van der Waals surface area contributed by atoms with Crippen LogP contribution in [0.3, 0.4) is 0 Å². The number of benzene rings is 2. The van der Waals surface area contributed by atoms with Gasteiger partial charge in [-0.3, -0.25) is 9.52 Å². The van der Waals surface area contributed by atoms with Gasteiger partial charge in [-0.25, -0.2) is 13.2 Å². The second kappa shape index (κ2) is 7.78. The van der Waals surface area contributed by atoms with Crippen LogP contribution in [0.15, 0.2) is 53.7 Å². The lowest BCUT2D eigenvalue weighted by Gasteiger charge is -2.14. The third kappa shape index (κ3) is 4.59. The normalized spacial score (nSPS) is 14.7. The molecule has 4 rings (SSSR count). The number of tetrazole rings is 1. The number of hydrogen-bond acceptors (Lipinski definition) is 8. The average Bonchev–Trinajstić information content (AvgIpc) is 3.36. The molecule has 3 aromatic rings. The van der Waals surface area contributed by atoms with Gasteiger partial charge >= 0.3 is 5.97 Å². The zero-order valence-electron chi connectivity index (χ0n) is 16.2. The van der Waals surface area contributed by atoms with Gasteiger partial charge in [0.25, 0.3) is 0 Å². The molecule has 0 atom stereocenters. The molecule has 10 nitrogen and oxygen atoms in total. The third-order valence-corrected chi connectivity index (χ3v) is 6.68. The number of anilines is 1. The lowest BCUT2D eigenvalue weighted by atomic mass is 10.1. The van der Waals surface area contributed by atoms with Crippen molar-refractivity contribution in [3.05, 3.63) is 59.7 Å². The monoisotopic (exact) mass is 459 g/mol. The summed E-state index contributed by atoms with van der Waals surface area (Å²) in [6.07, 6.45) is 2.37. The highest BCUT2D eigenvalue weighted by molar-refractivity contribution is 8.01. The number of hydrogen-bond donors (Lipinski definition) is 2. The van der Waals surface area contributed by atoms with E-state index in [1.165, 1.54) is 28.6 Å². The van der Waals surface area contributed by atoms with Crippen LogP contribution >= 0.6 is 11.8 Å². The molecule has 0 spiro atoms. The summed E-state index contributed by atoms with van der Waals surface area (Å²) in [4.78, 5) is 24.2. The summed E-state index contributed by atoms with van der Waals surface area (Å²) < 4.78 is 25.8. The number of rotatable bonds is 8. The molecule has 2 aromatic carbocycles. The SMILES string of the molecule is CS(=O)(=O)Nc1ccc(C(=O)C2(Sc3nnnn3-c3ccc(C(=O)O)cc3)CC2)cc1. The highest BCUT2D eigenvalue weighted by Gasteiger charge is 2.52. The van der Waals surface area contributed by atoms with Crippen molar-refractivity contribution < 1.29 is 23.1 Å². The second-order valence-electron chi connectivity index (χ2n) is 7.10. The largest absolute Gasteiger partial charge is 0.478 e. The summed E-state index contributed by atoms with van der Waals surface area (Å²) in [5.41, 5.74) is 1.57. The minimum absolute atomic E-state index is 0.0841. The van der Waals surface area contributed by atoms with Gasteiger partial charge < -0.3 is 5.11 Å². The Balaban J connectivity index is 1.53. The minimum Gasteiger partial charge on any atom is -0.478 e. The number of carbonyl (C=O) groups excluding carboxylic acids is 1. The molecule has 1 saturated carbocycles. The van der Waals surface area contributed by atoms with Crippen molar-refractivity contribution in [1.82, 2.24) is 20.2 Å². The van der Waals surface area contributed by atoms with Crippen LogP contribution in [-0.4, -0.2) is 56.5 Å². The van der Waals surface area contributed by atoms with Crippen molar-refractivity contribution in [3.8, 4) is 5.69 Å². The predicted molar refractivity (Wildman–Crippen MR) is 113 cm³/mol. The zero-order valence-corrected chi connectivity index (χ0v) is 17.9. The van der Waals surface area contributed by atoms with Crippen LogP contribution in [0.25, 0.3) is 5.69 Å². The molecule has 0 amide bonds. The van der Waals surface area contributed by atoms with E-state index in [1.54, 1.807) is 36.4 Å². The van der Waals surface area contributed by atoms with E-state index in [1.807, 2.05) is 0 Å². The van der Waals surface area contributed by atoms with Crippen LogP contribution in [0, 0.1) is 0 Å². The first kappa shape index (κ1) is 21.0. The standard InChI is InChI=1S/C19H17N5O5S2/c1-31(28,29)21-14-6-2-12(3-7-14)16(25)19(10-11-19)30-18-20-22-23-24(18)15-8-4-13(5-9-15)17(26)27/h2-9,21H,10-11H2,1H3,(H,26,27). The van der Waals surface area contributed by atoms with Crippen LogP contribution in [0.1, 0.15) is 33.6 Å². The molecule has 12 heteroatoms. The number of carboxylic acids is 1. The van der Waals surface area contributed by atoms with Gasteiger partial charge in [0.1, 0.15) is 0 Å². The molecule has 1 heterocycles. The number of carbonyl (C=O) groups is 2. The van der Waals surface area contributed by atoms with Crippen molar-refractivity contribution in [2.45, 2.75) is 22.7 Å². The van der Waals surface area contributed by atoms with Gasteiger partial charge in [0.2, 0.25) is 15.2 Å². The number of aromatic nitrogens is 4. The van der Waals surface area contributed by atoms with Crippen LogP contribution in [0.4, 0.5) is 5.69 Å². The molecule has 2 N–H and O–H groups in total. The topological polar surface area (TPSA) is 144 Å². The van der Waals surface area contributed by atoms with Crippen molar-refractivity contribution in [2.75, 3.05) is 11.0 Å². The zero-order chi connectivity index (χ0) is 22.2. The maximum atomic E-state index is 13.1. The Labute approximate surface area is 181 Å². The first-order valence-electron chi connectivity index (χ1n) is 9.11. The van der Waals surface area contributed by atoms with Gasteiger partial charge in [-0.15, -0.1) is 5.10 Å². The number of sulfonamides is 1. The van der Waals surface area contributed by atoms with E-state index in [0.29, 0.717) is 34.9 Å². The maximum Gasteiger partial charge on any atom is 0.335 e. The van der Waals surface area contributed by atoms with E-state index < -0.39 is 20.7 Å². The maximum absolute atomic E-state index is 13.1. The lowest BCUT2D eigenvalue weighted by Crippen LogP contribution is -2.20. The van der Waals surface area contributed by atoms with Gasteiger partial charge in [-0.2, -0.15) is 4.68 Å². The molecule has 31 heavy (non-hydrogen) atoms. The first-order valence-corrected chi connectivity index (χ1v) is 11.8. The van der Waals surface area contributed by atoms with Crippen LogP contribution in [0.2, 0.25) is 0 Å². The van der Waals surface area contributed by atoms with Gasteiger partial charge in [0.15, 0.2) is 5.78 Å². The van der Waals surface area contributed by atoms with Gasteiger partial charge in [0.05, 0.1) is 22.3 Å². The molecule has 1 aromatic heterocycles. The van der Waals surface area contributed by atoms with Gasteiger partial charge in [-0.1, -0.05) is 11.8 Å². The Morgan fingerprint density at radius 2 is 1.68 bits per heavy atom. The summed E-state index contributed by atoms with van der Waals surface area (Å²) in [7, 11) is -3.40. The number of aromatic carboxylic acids is 1. The molecule has 0 aliphatic heterocycles. The second-order valence-corrected chi connectivity index (χ2v) is 10.2. The molecule has 1 aliphatic carbocycles. The molecular weight excluding hydrogens is 442 g/mol. The van der Waals surface area contributed by atoms with E-state index in [2.05, 4.69) is 20.2 Å². The lowest BCUT2D eigenvalue weighted by molar-refractivity contribution is 0.0696. The number of thioether (sulfide) groups is 1. The van der Waals surface area contributed by atoms with E-state index in [-0.39, 0.29) is 11.3 Å². The van der Waals surface area contributed by atoms with Crippen molar-refractivity contribution >= 4 is 39.2 Å². The summed E-state index contributed by atoms with van der Waals surface area (Å²) in [6, 6.07) is 12.4. The smallest absolute Gasteiger partial charge is 0.335 e. The predicted octanol–water partition coefficient (Wildman–Crippen LogP) is 2.24. The Kier molecular flexibility index (Phi) is 5.27.